The number of para-hydroxylation sites is 2. The molecular formula is C16H22N4O. The molecule has 2 N–H and O–H groups in total. The fourth-order valence-electron chi connectivity index (χ4n) is 2.72. The van der Waals surface area contributed by atoms with Gasteiger partial charge in [-0.2, -0.15) is 0 Å². The molecule has 112 valence electrons. The van der Waals surface area contributed by atoms with Gasteiger partial charge in [-0.05, 0) is 37.9 Å². The standard InChI is InChI=1S/C16H22N4O/c1-17-15-16(20-14-8-3-2-7-13(14)19-15)21-11-9-12-6-4-5-10-18-12/h2-3,7-8,12,18H,4-6,9-11H2,1H3,(H,17,19)/t12-/m0/s1. The zero-order valence-corrected chi connectivity index (χ0v) is 12.4. The number of nitrogens with one attached hydrogen (secondary N) is 2. The quantitative estimate of drug-likeness (QED) is 0.884. The smallest absolute Gasteiger partial charge is 0.258 e. The minimum absolute atomic E-state index is 0.574. The molecule has 2 heterocycles. The molecule has 1 atom stereocenters. The summed E-state index contributed by atoms with van der Waals surface area (Å²) in [6.45, 7) is 1.79. The monoisotopic (exact) mass is 286 g/mol. The average Bonchev–Trinajstić information content (AvgIpc) is 2.55. The van der Waals surface area contributed by atoms with Crippen molar-refractivity contribution < 1.29 is 4.74 Å². The van der Waals surface area contributed by atoms with Gasteiger partial charge in [-0.25, -0.2) is 9.97 Å². The summed E-state index contributed by atoms with van der Waals surface area (Å²) in [6, 6.07) is 8.42. The van der Waals surface area contributed by atoms with Crippen LogP contribution in [0.3, 0.4) is 0 Å². The van der Waals surface area contributed by atoms with Crippen molar-refractivity contribution in [3.05, 3.63) is 24.3 Å². The van der Waals surface area contributed by atoms with Crippen molar-refractivity contribution in [2.45, 2.75) is 31.7 Å². The highest BCUT2D eigenvalue weighted by atomic mass is 16.5. The summed E-state index contributed by atoms with van der Waals surface area (Å²) < 4.78 is 5.86. The molecule has 1 aromatic heterocycles. The van der Waals surface area contributed by atoms with Crippen molar-refractivity contribution in [3.63, 3.8) is 0 Å². The van der Waals surface area contributed by atoms with Crippen LogP contribution in [0, 0.1) is 0 Å². The predicted octanol–water partition coefficient (Wildman–Crippen LogP) is 2.58. The van der Waals surface area contributed by atoms with Gasteiger partial charge in [-0.15, -0.1) is 0 Å². The van der Waals surface area contributed by atoms with Gasteiger partial charge < -0.3 is 15.4 Å². The van der Waals surface area contributed by atoms with Crippen LogP contribution in [-0.2, 0) is 0 Å². The first-order valence-corrected chi connectivity index (χ1v) is 7.67. The molecule has 1 fully saturated rings. The van der Waals surface area contributed by atoms with E-state index in [-0.39, 0.29) is 0 Å². The zero-order valence-electron chi connectivity index (χ0n) is 12.4. The first-order chi connectivity index (χ1) is 10.4. The number of piperidine rings is 1. The number of hydrogen-bond donors (Lipinski definition) is 2. The largest absolute Gasteiger partial charge is 0.475 e. The van der Waals surface area contributed by atoms with E-state index >= 15 is 0 Å². The molecule has 2 aromatic rings. The van der Waals surface area contributed by atoms with Crippen LogP contribution < -0.4 is 15.4 Å². The third-order valence-electron chi connectivity index (χ3n) is 3.89. The number of benzene rings is 1. The molecule has 5 nitrogen and oxygen atoms in total. The number of rotatable bonds is 5. The van der Waals surface area contributed by atoms with Gasteiger partial charge >= 0.3 is 0 Å². The maximum Gasteiger partial charge on any atom is 0.258 e. The van der Waals surface area contributed by atoms with E-state index in [0.717, 1.165) is 24.0 Å². The Labute approximate surface area is 125 Å². The molecule has 0 unspecified atom stereocenters. The van der Waals surface area contributed by atoms with E-state index in [1.165, 1.54) is 19.3 Å². The van der Waals surface area contributed by atoms with Crippen LogP contribution in [-0.4, -0.2) is 36.2 Å². The van der Waals surface area contributed by atoms with Crippen LogP contribution in [0.2, 0.25) is 0 Å². The lowest BCUT2D eigenvalue weighted by Gasteiger charge is -2.23. The summed E-state index contributed by atoms with van der Waals surface area (Å²) in [6.07, 6.45) is 4.86. The van der Waals surface area contributed by atoms with Gasteiger partial charge in [0.1, 0.15) is 0 Å². The second-order valence-electron chi connectivity index (χ2n) is 5.40. The summed E-state index contributed by atoms with van der Waals surface area (Å²) >= 11 is 0. The Morgan fingerprint density at radius 1 is 1.24 bits per heavy atom. The van der Waals surface area contributed by atoms with Crippen molar-refractivity contribution >= 4 is 16.9 Å². The van der Waals surface area contributed by atoms with Gasteiger partial charge in [0.15, 0.2) is 5.82 Å². The third kappa shape index (κ3) is 3.42. The number of anilines is 1. The van der Waals surface area contributed by atoms with Crippen molar-refractivity contribution in [2.75, 3.05) is 25.5 Å². The lowest BCUT2D eigenvalue weighted by molar-refractivity contribution is 0.262. The zero-order chi connectivity index (χ0) is 14.5. The molecular weight excluding hydrogens is 264 g/mol. The summed E-state index contributed by atoms with van der Waals surface area (Å²) in [5.41, 5.74) is 1.74. The molecule has 5 heteroatoms. The number of aromatic nitrogens is 2. The van der Waals surface area contributed by atoms with E-state index in [1.54, 1.807) is 0 Å². The molecule has 3 rings (SSSR count). The molecule has 1 aromatic carbocycles. The van der Waals surface area contributed by atoms with Crippen molar-refractivity contribution in [3.8, 4) is 5.88 Å². The van der Waals surface area contributed by atoms with Crippen LogP contribution in [0.25, 0.3) is 11.0 Å². The molecule has 0 bridgehead atoms. The summed E-state index contributed by atoms with van der Waals surface area (Å²) in [5, 5.41) is 6.59. The van der Waals surface area contributed by atoms with Crippen LogP contribution >= 0.6 is 0 Å². The lowest BCUT2D eigenvalue weighted by Crippen LogP contribution is -2.35. The molecule has 0 aliphatic carbocycles. The molecule has 0 amide bonds. The van der Waals surface area contributed by atoms with Crippen LogP contribution in [0.1, 0.15) is 25.7 Å². The number of nitrogens with zero attached hydrogens (tertiary/aromatic N) is 2. The molecule has 0 saturated carbocycles. The molecule has 1 saturated heterocycles. The van der Waals surface area contributed by atoms with E-state index in [1.807, 2.05) is 31.3 Å². The lowest BCUT2D eigenvalue weighted by atomic mass is 10.0. The first kappa shape index (κ1) is 14.1. The second kappa shape index (κ2) is 6.72. The van der Waals surface area contributed by atoms with E-state index < -0.39 is 0 Å². The minimum atomic E-state index is 0.574. The van der Waals surface area contributed by atoms with E-state index in [0.29, 0.717) is 24.3 Å². The van der Waals surface area contributed by atoms with Gasteiger partial charge in [-0.1, -0.05) is 18.6 Å². The van der Waals surface area contributed by atoms with Crippen LogP contribution in [0.4, 0.5) is 5.82 Å². The molecule has 0 spiro atoms. The van der Waals surface area contributed by atoms with Crippen molar-refractivity contribution in [1.29, 1.82) is 0 Å². The normalized spacial score (nSPS) is 18.6. The number of hydrogen-bond acceptors (Lipinski definition) is 5. The summed E-state index contributed by atoms with van der Waals surface area (Å²) in [5.74, 6) is 1.29. The summed E-state index contributed by atoms with van der Waals surface area (Å²) in [7, 11) is 1.84. The fourth-order valence-corrected chi connectivity index (χ4v) is 2.72. The number of ether oxygens (including phenoxy) is 1. The van der Waals surface area contributed by atoms with Gasteiger partial charge in [0, 0.05) is 13.1 Å². The molecule has 1 aliphatic rings. The SMILES string of the molecule is CNc1nc2ccccc2nc1OCC[C@@H]1CCCCN1. The maximum absolute atomic E-state index is 5.86. The fraction of sp³-hybridized carbons (Fsp3) is 0.500. The Morgan fingerprint density at radius 2 is 2.05 bits per heavy atom. The molecule has 21 heavy (non-hydrogen) atoms. The Balaban J connectivity index is 1.67. The Hall–Kier alpha value is -1.88. The third-order valence-corrected chi connectivity index (χ3v) is 3.89. The summed E-state index contributed by atoms with van der Waals surface area (Å²) in [4.78, 5) is 9.11. The molecule has 0 radical (unpaired) electrons. The molecule has 1 aliphatic heterocycles. The highest BCUT2D eigenvalue weighted by molar-refractivity contribution is 5.77. The topological polar surface area (TPSA) is 59.1 Å². The second-order valence-corrected chi connectivity index (χ2v) is 5.40. The van der Waals surface area contributed by atoms with Gasteiger partial charge in [0.2, 0.25) is 0 Å². The van der Waals surface area contributed by atoms with E-state index in [4.69, 9.17) is 4.74 Å². The van der Waals surface area contributed by atoms with Crippen LogP contribution in [0.5, 0.6) is 5.88 Å². The Bertz CT molecular complexity index is 596. The van der Waals surface area contributed by atoms with Crippen molar-refractivity contribution in [1.82, 2.24) is 15.3 Å². The maximum atomic E-state index is 5.86. The van der Waals surface area contributed by atoms with Gasteiger partial charge in [0.05, 0.1) is 17.6 Å². The average molecular weight is 286 g/mol. The van der Waals surface area contributed by atoms with Gasteiger partial charge in [-0.3, -0.25) is 0 Å². The van der Waals surface area contributed by atoms with Crippen molar-refractivity contribution in [2.24, 2.45) is 0 Å². The first-order valence-electron chi connectivity index (χ1n) is 7.67. The van der Waals surface area contributed by atoms with E-state index in [2.05, 4.69) is 20.6 Å². The predicted molar refractivity (Wildman–Crippen MR) is 84.8 cm³/mol. The Kier molecular flexibility index (Phi) is 4.50. The van der Waals surface area contributed by atoms with E-state index in [9.17, 15) is 0 Å². The highest BCUT2D eigenvalue weighted by Crippen LogP contribution is 2.23. The van der Waals surface area contributed by atoms with Gasteiger partial charge in [0.25, 0.3) is 5.88 Å². The minimum Gasteiger partial charge on any atom is -0.475 e. The number of fused-ring (bicyclic) bond motifs is 1. The van der Waals surface area contributed by atoms with Crippen LogP contribution in [0.15, 0.2) is 24.3 Å². The highest BCUT2D eigenvalue weighted by Gasteiger charge is 2.14. The Morgan fingerprint density at radius 3 is 2.76 bits per heavy atom.